The molecule has 0 aliphatic rings. The summed E-state index contributed by atoms with van der Waals surface area (Å²) in [7, 11) is 0. The summed E-state index contributed by atoms with van der Waals surface area (Å²) in [6.45, 7) is 1.95. The molecule has 25 heavy (non-hydrogen) atoms. The molecule has 0 bridgehead atoms. The zero-order chi connectivity index (χ0) is 17.8. The largest absolute Gasteiger partial charge is 0.462 e. The zero-order valence-corrected chi connectivity index (χ0v) is 13.4. The Morgan fingerprint density at radius 3 is 2.40 bits per heavy atom. The van der Waals surface area contributed by atoms with Gasteiger partial charge in [0.1, 0.15) is 16.6 Å². The number of hydrogen-bond acceptors (Lipinski definition) is 4. The van der Waals surface area contributed by atoms with Crippen LogP contribution in [0.2, 0.25) is 0 Å². The van der Waals surface area contributed by atoms with E-state index in [4.69, 9.17) is 4.74 Å². The third kappa shape index (κ3) is 3.23. The standard InChI is InChI=1S/C10H10N2O3.C7H6N2O/c1-2-15-10(14)7-6-11-12-5-3-4-8(12)9(7)13;10-7-3-4-8-9-5-1-2-6(7)9/h3-6,11H,2H2,1H3;1-5,8H. The molecule has 4 aromatic rings. The molecular formula is C17H16N4O4. The van der Waals surface area contributed by atoms with E-state index < -0.39 is 5.97 Å². The Morgan fingerprint density at radius 2 is 1.72 bits per heavy atom. The fraction of sp³-hybridized carbons (Fsp3) is 0.118. The summed E-state index contributed by atoms with van der Waals surface area (Å²) in [6.07, 6.45) is 6.48. The van der Waals surface area contributed by atoms with E-state index in [9.17, 15) is 14.4 Å². The molecule has 0 unspecified atom stereocenters. The maximum absolute atomic E-state index is 11.8. The summed E-state index contributed by atoms with van der Waals surface area (Å²) in [4.78, 5) is 34.1. The maximum atomic E-state index is 11.8. The molecule has 4 aromatic heterocycles. The Balaban J connectivity index is 0.000000157. The minimum Gasteiger partial charge on any atom is -0.462 e. The normalized spacial score (nSPS) is 10.4. The highest BCUT2D eigenvalue weighted by molar-refractivity contribution is 5.90. The Kier molecular flexibility index (Phi) is 4.51. The van der Waals surface area contributed by atoms with Gasteiger partial charge in [0, 0.05) is 30.9 Å². The van der Waals surface area contributed by atoms with Crippen LogP contribution in [0.4, 0.5) is 0 Å². The molecule has 2 N–H and O–H groups in total. The van der Waals surface area contributed by atoms with Gasteiger partial charge in [-0.3, -0.25) is 18.6 Å². The van der Waals surface area contributed by atoms with E-state index in [0.717, 1.165) is 0 Å². The fourth-order valence-corrected chi connectivity index (χ4v) is 2.35. The molecule has 4 rings (SSSR count). The van der Waals surface area contributed by atoms with Crippen LogP contribution >= 0.6 is 0 Å². The number of esters is 1. The van der Waals surface area contributed by atoms with Crippen LogP contribution in [-0.4, -0.2) is 31.8 Å². The van der Waals surface area contributed by atoms with E-state index in [0.29, 0.717) is 11.0 Å². The van der Waals surface area contributed by atoms with Gasteiger partial charge < -0.3 is 14.9 Å². The first kappa shape index (κ1) is 16.3. The van der Waals surface area contributed by atoms with Crippen molar-refractivity contribution in [3.05, 3.63) is 81.1 Å². The molecule has 0 aliphatic carbocycles. The Labute approximate surface area is 141 Å². The third-order valence-electron chi connectivity index (χ3n) is 3.52. The number of fused-ring (bicyclic) bond motifs is 2. The van der Waals surface area contributed by atoms with E-state index in [2.05, 4.69) is 10.2 Å². The lowest BCUT2D eigenvalue weighted by Crippen LogP contribution is -2.19. The molecule has 0 aromatic carbocycles. The number of carbonyl (C=O) groups excluding carboxylic acids is 1. The quantitative estimate of drug-likeness (QED) is 0.539. The fourth-order valence-electron chi connectivity index (χ4n) is 2.35. The van der Waals surface area contributed by atoms with Gasteiger partial charge in [-0.2, -0.15) is 0 Å². The average Bonchev–Trinajstić information content (AvgIpc) is 3.26. The Bertz CT molecular complexity index is 1130. The number of ether oxygens (including phenoxy) is 1. The second kappa shape index (κ2) is 6.91. The number of rotatable bonds is 2. The van der Waals surface area contributed by atoms with E-state index in [-0.39, 0.29) is 23.0 Å². The van der Waals surface area contributed by atoms with E-state index in [1.807, 2.05) is 6.07 Å². The van der Waals surface area contributed by atoms with Gasteiger partial charge >= 0.3 is 5.97 Å². The molecule has 0 saturated carbocycles. The van der Waals surface area contributed by atoms with Crippen LogP contribution < -0.4 is 10.9 Å². The number of aromatic amines is 2. The molecule has 8 nitrogen and oxygen atoms in total. The van der Waals surface area contributed by atoms with Crippen LogP contribution in [0.3, 0.4) is 0 Å². The van der Waals surface area contributed by atoms with Gasteiger partial charge in [0.2, 0.25) is 10.9 Å². The molecular weight excluding hydrogens is 324 g/mol. The number of H-pyrrole nitrogens is 2. The number of aromatic nitrogens is 4. The Hall–Kier alpha value is -3.55. The number of hydrogen-bond donors (Lipinski definition) is 2. The van der Waals surface area contributed by atoms with Crippen LogP contribution in [0.15, 0.2) is 64.7 Å². The molecule has 0 aliphatic heterocycles. The summed E-state index contributed by atoms with van der Waals surface area (Å²) in [5.74, 6) is -0.595. The first-order valence-electron chi connectivity index (χ1n) is 7.62. The predicted molar refractivity (Wildman–Crippen MR) is 92.0 cm³/mol. The lowest BCUT2D eigenvalue weighted by Gasteiger charge is -2.01. The van der Waals surface area contributed by atoms with Gasteiger partial charge in [0.25, 0.3) is 0 Å². The monoisotopic (exact) mass is 340 g/mol. The molecule has 128 valence electrons. The van der Waals surface area contributed by atoms with Gasteiger partial charge in [-0.25, -0.2) is 4.79 Å². The topological polar surface area (TPSA) is 101 Å². The summed E-state index contributed by atoms with van der Waals surface area (Å²) in [6, 6.07) is 8.48. The van der Waals surface area contributed by atoms with Crippen molar-refractivity contribution < 1.29 is 9.53 Å². The van der Waals surface area contributed by atoms with Gasteiger partial charge in [-0.15, -0.1) is 0 Å². The van der Waals surface area contributed by atoms with Crippen molar-refractivity contribution in [3.8, 4) is 0 Å². The molecule has 0 atom stereocenters. The molecule has 0 radical (unpaired) electrons. The third-order valence-corrected chi connectivity index (χ3v) is 3.52. The van der Waals surface area contributed by atoms with E-state index in [1.165, 1.54) is 12.3 Å². The van der Waals surface area contributed by atoms with Crippen molar-refractivity contribution in [2.75, 3.05) is 6.61 Å². The van der Waals surface area contributed by atoms with Gasteiger partial charge in [-0.1, -0.05) is 0 Å². The first-order valence-corrected chi connectivity index (χ1v) is 7.62. The maximum Gasteiger partial charge on any atom is 0.343 e. The minimum atomic E-state index is -0.595. The lowest BCUT2D eigenvalue weighted by molar-refractivity contribution is 0.0524. The molecule has 0 amide bonds. The molecule has 0 saturated heterocycles. The summed E-state index contributed by atoms with van der Waals surface area (Å²) in [5, 5.41) is 5.68. The SMILES string of the molecule is CCOC(=O)c1c[nH]n2cccc2c1=O.O=c1cc[nH]n2cccc12. The van der Waals surface area contributed by atoms with Gasteiger partial charge in [0.15, 0.2) is 0 Å². The Morgan fingerprint density at radius 1 is 1.04 bits per heavy atom. The van der Waals surface area contributed by atoms with Crippen molar-refractivity contribution in [3.63, 3.8) is 0 Å². The van der Waals surface area contributed by atoms with Crippen molar-refractivity contribution in [2.45, 2.75) is 6.92 Å². The van der Waals surface area contributed by atoms with Gasteiger partial charge in [0.05, 0.1) is 6.61 Å². The smallest absolute Gasteiger partial charge is 0.343 e. The molecule has 8 heteroatoms. The highest BCUT2D eigenvalue weighted by Crippen LogP contribution is 2.00. The number of nitrogens with zero attached hydrogens (tertiary/aromatic N) is 2. The molecule has 0 spiro atoms. The van der Waals surface area contributed by atoms with Crippen LogP contribution in [0.25, 0.3) is 11.0 Å². The van der Waals surface area contributed by atoms with Gasteiger partial charge in [-0.05, 0) is 31.2 Å². The van der Waals surface area contributed by atoms with Crippen LogP contribution in [0.1, 0.15) is 17.3 Å². The number of carbonyl (C=O) groups is 1. The van der Waals surface area contributed by atoms with Crippen molar-refractivity contribution >= 4 is 17.0 Å². The molecule has 4 heterocycles. The highest BCUT2D eigenvalue weighted by atomic mass is 16.5. The van der Waals surface area contributed by atoms with Crippen LogP contribution in [0.5, 0.6) is 0 Å². The second-order valence-corrected chi connectivity index (χ2v) is 5.09. The van der Waals surface area contributed by atoms with Crippen LogP contribution in [0, 0.1) is 0 Å². The minimum absolute atomic E-state index is 0.0306. The first-order chi connectivity index (χ1) is 12.1. The van der Waals surface area contributed by atoms with Crippen molar-refractivity contribution in [1.29, 1.82) is 0 Å². The summed E-state index contributed by atoms with van der Waals surface area (Å²) >= 11 is 0. The zero-order valence-electron chi connectivity index (χ0n) is 13.4. The predicted octanol–water partition coefficient (Wildman–Crippen LogP) is 1.43. The molecule has 0 fully saturated rings. The van der Waals surface area contributed by atoms with Crippen LogP contribution in [-0.2, 0) is 4.74 Å². The van der Waals surface area contributed by atoms with Crippen molar-refractivity contribution in [1.82, 2.24) is 19.2 Å². The summed E-state index contributed by atoms with van der Waals surface area (Å²) in [5.41, 5.74) is 0.868. The number of nitrogens with one attached hydrogen (secondary N) is 2. The van der Waals surface area contributed by atoms with E-state index in [1.54, 1.807) is 52.7 Å². The van der Waals surface area contributed by atoms with E-state index >= 15 is 0 Å². The second-order valence-electron chi connectivity index (χ2n) is 5.09. The summed E-state index contributed by atoms with van der Waals surface area (Å²) < 4.78 is 8.00. The highest BCUT2D eigenvalue weighted by Gasteiger charge is 2.13. The average molecular weight is 340 g/mol. The van der Waals surface area contributed by atoms with Crippen molar-refractivity contribution in [2.24, 2.45) is 0 Å². The lowest BCUT2D eigenvalue weighted by atomic mass is 10.3.